The second-order valence-electron chi connectivity index (χ2n) is 4.59. The maximum atomic E-state index is 11.9. The first-order valence-electron chi connectivity index (χ1n) is 6.58. The summed E-state index contributed by atoms with van der Waals surface area (Å²) in [7, 11) is 1.32. The Hall–Kier alpha value is -2.20. The SMILES string of the molecule is CCc1ccc(Nc2c(Cl)cc(N)cc2C(=O)OC)cc1. The van der Waals surface area contributed by atoms with E-state index in [-0.39, 0.29) is 0 Å². The van der Waals surface area contributed by atoms with Crippen molar-refractivity contribution in [3.8, 4) is 0 Å². The number of hydrogen-bond donors (Lipinski definition) is 2. The fourth-order valence-corrected chi connectivity index (χ4v) is 2.27. The van der Waals surface area contributed by atoms with Gasteiger partial charge in [-0.05, 0) is 36.2 Å². The number of carbonyl (C=O) groups is 1. The number of benzene rings is 2. The van der Waals surface area contributed by atoms with Crippen LogP contribution in [0.5, 0.6) is 0 Å². The fraction of sp³-hybridized carbons (Fsp3) is 0.188. The number of nitrogen functional groups attached to an aromatic ring is 1. The van der Waals surface area contributed by atoms with Crippen LogP contribution in [0.3, 0.4) is 0 Å². The van der Waals surface area contributed by atoms with Crippen molar-refractivity contribution >= 4 is 34.6 Å². The van der Waals surface area contributed by atoms with Gasteiger partial charge in [0.05, 0.1) is 23.4 Å². The first-order chi connectivity index (χ1) is 10.0. The van der Waals surface area contributed by atoms with Crippen molar-refractivity contribution in [3.05, 3.63) is 52.5 Å². The molecule has 4 nitrogen and oxygen atoms in total. The highest BCUT2D eigenvalue weighted by Gasteiger charge is 2.16. The van der Waals surface area contributed by atoms with Crippen LogP contribution in [0.25, 0.3) is 0 Å². The Balaban J connectivity index is 2.39. The van der Waals surface area contributed by atoms with Crippen LogP contribution in [0, 0.1) is 0 Å². The quantitative estimate of drug-likeness (QED) is 0.661. The molecule has 0 unspecified atom stereocenters. The van der Waals surface area contributed by atoms with E-state index in [2.05, 4.69) is 12.2 Å². The van der Waals surface area contributed by atoms with Crippen LogP contribution >= 0.6 is 11.6 Å². The van der Waals surface area contributed by atoms with E-state index in [1.54, 1.807) is 12.1 Å². The van der Waals surface area contributed by atoms with Gasteiger partial charge in [0, 0.05) is 11.4 Å². The molecule has 0 saturated carbocycles. The lowest BCUT2D eigenvalue weighted by atomic mass is 10.1. The van der Waals surface area contributed by atoms with Crippen molar-refractivity contribution in [3.63, 3.8) is 0 Å². The van der Waals surface area contributed by atoms with Gasteiger partial charge in [0.2, 0.25) is 0 Å². The van der Waals surface area contributed by atoms with E-state index >= 15 is 0 Å². The monoisotopic (exact) mass is 304 g/mol. The number of anilines is 3. The minimum Gasteiger partial charge on any atom is -0.465 e. The van der Waals surface area contributed by atoms with Crippen molar-refractivity contribution in [2.24, 2.45) is 0 Å². The molecule has 0 radical (unpaired) electrons. The number of carbonyl (C=O) groups excluding carboxylic acids is 1. The molecule has 0 saturated heterocycles. The molecular weight excluding hydrogens is 288 g/mol. The van der Waals surface area contributed by atoms with Crippen molar-refractivity contribution in [2.75, 3.05) is 18.2 Å². The molecule has 0 aromatic heterocycles. The van der Waals surface area contributed by atoms with Crippen LogP contribution in [0.15, 0.2) is 36.4 Å². The highest BCUT2D eigenvalue weighted by molar-refractivity contribution is 6.34. The number of aryl methyl sites for hydroxylation is 1. The first-order valence-corrected chi connectivity index (χ1v) is 6.96. The molecule has 110 valence electrons. The van der Waals surface area contributed by atoms with Crippen LogP contribution in [-0.2, 0) is 11.2 Å². The molecule has 3 N–H and O–H groups in total. The zero-order valence-corrected chi connectivity index (χ0v) is 12.7. The standard InChI is InChI=1S/C16H17ClN2O2/c1-3-10-4-6-12(7-5-10)19-15-13(16(20)21-2)8-11(18)9-14(15)17/h4-9,19H,3,18H2,1-2H3. The average molecular weight is 305 g/mol. The molecule has 0 heterocycles. The van der Waals surface area contributed by atoms with Crippen molar-refractivity contribution in [2.45, 2.75) is 13.3 Å². The maximum Gasteiger partial charge on any atom is 0.340 e. The summed E-state index contributed by atoms with van der Waals surface area (Å²) in [5.74, 6) is -0.489. The van der Waals surface area contributed by atoms with E-state index in [9.17, 15) is 4.79 Å². The number of halogens is 1. The van der Waals surface area contributed by atoms with Gasteiger partial charge in [-0.15, -0.1) is 0 Å². The Kier molecular flexibility index (Phi) is 4.70. The molecule has 0 bridgehead atoms. The lowest BCUT2D eigenvalue weighted by molar-refractivity contribution is 0.0602. The van der Waals surface area contributed by atoms with Crippen LogP contribution in [0.2, 0.25) is 5.02 Å². The van der Waals surface area contributed by atoms with Gasteiger partial charge in [-0.2, -0.15) is 0 Å². The number of nitrogens with two attached hydrogens (primary N) is 1. The third-order valence-electron chi connectivity index (χ3n) is 3.15. The number of esters is 1. The minimum atomic E-state index is -0.489. The Morgan fingerprint density at radius 2 is 1.95 bits per heavy atom. The van der Waals surface area contributed by atoms with Gasteiger partial charge in [0.15, 0.2) is 0 Å². The molecule has 0 fully saturated rings. The second kappa shape index (κ2) is 6.50. The molecule has 2 aromatic carbocycles. The third-order valence-corrected chi connectivity index (χ3v) is 3.45. The highest BCUT2D eigenvalue weighted by Crippen LogP contribution is 2.32. The Bertz CT molecular complexity index is 654. The number of rotatable bonds is 4. The van der Waals surface area contributed by atoms with Crippen LogP contribution < -0.4 is 11.1 Å². The second-order valence-corrected chi connectivity index (χ2v) is 5.00. The molecular formula is C16H17ClN2O2. The van der Waals surface area contributed by atoms with Crippen LogP contribution in [0.1, 0.15) is 22.8 Å². The summed E-state index contributed by atoms with van der Waals surface area (Å²) in [6, 6.07) is 11.0. The molecule has 2 rings (SSSR count). The van der Waals surface area contributed by atoms with Gasteiger partial charge >= 0.3 is 5.97 Å². The van der Waals surface area contributed by atoms with E-state index in [4.69, 9.17) is 22.1 Å². The molecule has 0 spiro atoms. The van der Waals surface area contributed by atoms with Crippen molar-refractivity contribution < 1.29 is 9.53 Å². The molecule has 0 aliphatic heterocycles. The summed E-state index contributed by atoms with van der Waals surface area (Å²) in [5.41, 5.74) is 9.01. The summed E-state index contributed by atoms with van der Waals surface area (Å²) >= 11 is 6.19. The predicted molar refractivity (Wildman–Crippen MR) is 86.3 cm³/mol. The predicted octanol–water partition coefficient (Wildman–Crippen LogP) is 4.01. The van der Waals surface area contributed by atoms with Gasteiger partial charge in [-0.1, -0.05) is 30.7 Å². The topological polar surface area (TPSA) is 64.3 Å². The zero-order chi connectivity index (χ0) is 15.4. The molecule has 0 atom stereocenters. The summed E-state index contributed by atoms with van der Waals surface area (Å²) in [6.07, 6.45) is 0.969. The van der Waals surface area contributed by atoms with Crippen LogP contribution in [0.4, 0.5) is 17.1 Å². The Morgan fingerprint density at radius 1 is 1.29 bits per heavy atom. The highest BCUT2D eigenvalue weighted by atomic mass is 35.5. The normalized spacial score (nSPS) is 10.2. The van der Waals surface area contributed by atoms with Gasteiger partial charge in [0.25, 0.3) is 0 Å². The number of ether oxygens (including phenoxy) is 1. The fourth-order valence-electron chi connectivity index (χ4n) is 1.99. The number of nitrogens with one attached hydrogen (secondary N) is 1. The summed E-state index contributed by atoms with van der Waals surface area (Å²) in [6.45, 7) is 2.09. The summed E-state index contributed by atoms with van der Waals surface area (Å²) < 4.78 is 4.77. The van der Waals surface area contributed by atoms with Crippen molar-refractivity contribution in [1.82, 2.24) is 0 Å². The van der Waals surface area contributed by atoms with E-state index in [1.165, 1.54) is 12.7 Å². The molecule has 21 heavy (non-hydrogen) atoms. The lowest BCUT2D eigenvalue weighted by Crippen LogP contribution is -2.07. The Labute approximate surface area is 128 Å². The number of methoxy groups -OCH3 is 1. The maximum absolute atomic E-state index is 11.9. The minimum absolute atomic E-state index is 0.307. The Morgan fingerprint density at radius 3 is 2.52 bits per heavy atom. The van der Waals surface area contributed by atoms with E-state index in [0.29, 0.717) is 22.0 Å². The summed E-state index contributed by atoms with van der Waals surface area (Å²) in [5, 5.41) is 3.52. The third kappa shape index (κ3) is 3.47. The van der Waals surface area contributed by atoms with E-state index in [0.717, 1.165) is 12.1 Å². The lowest BCUT2D eigenvalue weighted by Gasteiger charge is -2.14. The molecule has 5 heteroatoms. The molecule has 0 amide bonds. The first kappa shape index (κ1) is 15.2. The number of hydrogen-bond acceptors (Lipinski definition) is 4. The zero-order valence-electron chi connectivity index (χ0n) is 11.9. The molecule has 0 aliphatic rings. The summed E-state index contributed by atoms with van der Waals surface area (Å²) in [4.78, 5) is 11.9. The van der Waals surface area contributed by atoms with Crippen LogP contribution in [-0.4, -0.2) is 13.1 Å². The molecule has 0 aliphatic carbocycles. The largest absolute Gasteiger partial charge is 0.465 e. The molecule has 2 aromatic rings. The van der Waals surface area contributed by atoms with Gasteiger partial charge in [0.1, 0.15) is 0 Å². The smallest absolute Gasteiger partial charge is 0.340 e. The van der Waals surface area contributed by atoms with Gasteiger partial charge < -0.3 is 15.8 Å². The van der Waals surface area contributed by atoms with Gasteiger partial charge in [-0.3, -0.25) is 0 Å². The van der Waals surface area contributed by atoms with E-state index in [1.807, 2.05) is 24.3 Å². The van der Waals surface area contributed by atoms with Gasteiger partial charge in [-0.25, -0.2) is 4.79 Å². The average Bonchev–Trinajstić information content (AvgIpc) is 2.49. The van der Waals surface area contributed by atoms with E-state index < -0.39 is 5.97 Å². The van der Waals surface area contributed by atoms with Crippen molar-refractivity contribution in [1.29, 1.82) is 0 Å².